The third-order valence-electron chi connectivity index (χ3n) is 5.18. The van der Waals surface area contributed by atoms with E-state index in [0.29, 0.717) is 34.6 Å². The largest absolute Gasteiger partial charge is 0.462 e. The van der Waals surface area contributed by atoms with Crippen molar-refractivity contribution in [3.8, 4) is 11.1 Å². The molecule has 1 aliphatic carbocycles. The molecule has 1 aliphatic rings. The summed E-state index contributed by atoms with van der Waals surface area (Å²) in [6.07, 6.45) is -7.52. The van der Waals surface area contributed by atoms with Gasteiger partial charge < -0.3 is 4.42 Å². The first-order valence-electron chi connectivity index (χ1n) is 9.13. The Bertz CT molecular complexity index is 1130. The zero-order valence-corrected chi connectivity index (χ0v) is 16.0. The van der Waals surface area contributed by atoms with Crippen molar-refractivity contribution in [2.45, 2.75) is 32.6 Å². The van der Waals surface area contributed by atoms with Gasteiger partial charge in [0.05, 0.1) is 11.1 Å². The molecule has 0 aliphatic heterocycles. The molecule has 30 heavy (non-hydrogen) atoms. The molecule has 4 rings (SSSR count). The second-order valence-corrected chi connectivity index (χ2v) is 7.38. The van der Waals surface area contributed by atoms with Crippen LogP contribution in [-0.4, -0.2) is 0 Å². The fourth-order valence-corrected chi connectivity index (χ4v) is 3.77. The molecule has 0 spiro atoms. The Labute approximate surface area is 168 Å². The van der Waals surface area contributed by atoms with Crippen LogP contribution in [0, 0.1) is 13.8 Å². The van der Waals surface area contributed by atoms with Gasteiger partial charge in [0, 0.05) is 6.42 Å². The summed E-state index contributed by atoms with van der Waals surface area (Å²) in [6, 6.07) is 8.85. The van der Waals surface area contributed by atoms with Crippen LogP contribution in [0.1, 0.15) is 39.3 Å². The maximum absolute atomic E-state index is 13.3. The Morgan fingerprint density at radius 2 is 1.43 bits per heavy atom. The molecule has 0 amide bonds. The number of hydrogen-bond donors (Lipinski definition) is 0. The molecule has 0 saturated heterocycles. The predicted molar refractivity (Wildman–Crippen MR) is 102 cm³/mol. The smallest absolute Gasteiger partial charge is 0.416 e. The normalized spacial score (nSPS) is 14.1. The molecule has 0 radical (unpaired) electrons. The highest BCUT2D eigenvalue weighted by atomic mass is 19.4. The molecule has 0 saturated carbocycles. The first-order chi connectivity index (χ1) is 13.9. The van der Waals surface area contributed by atoms with Gasteiger partial charge in [-0.2, -0.15) is 26.3 Å². The summed E-state index contributed by atoms with van der Waals surface area (Å²) in [7, 11) is 0. The Morgan fingerprint density at radius 3 is 1.97 bits per heavy atom. The molecular weight excluding hydrogens is 406 g/mol. The van der Waals surface area contributed by atoms with Crippen molar-refractivity contribution in [3.63, 3.8) is 0 Å². The van der Waals surface area contributed by atoms with Crippen LogP contribution in [0.4, 0.5) is 26.3 Å². The third kappa shape index (κ3) is 3.64. The van der Waals surface area contributed by atoms with Crippen molar-refractivity contribution in [2.24, 2.45) is 0 Å². The molecule has 0 atom stereocenters. The van der Waals surface area contributed by atoms with E-state index in [2.05, 4.69) is 0 Å². The predicted octanol–water partition coefficient (Wildman–Crippen LogP) is 7.70. The van der Waals surface area contributed by atoms with Crippen LogP contribution in [0.2, 0.25) is 0 Å². The van der Waals surface area contributed by atoms with Crippen LogP contribution >= 0.6 is 0 Å². The van der Waals surface area contributed by atoms with Crippen molar-refractivity contribution >= 4 is 11.6 Å². The summed E-state index contributed by atoms with van der Waals surface area (Å²) in [6.45, 7) is 3.47. The van der Waals surface area contributed by atoms with Crippen LogP contribution in [0.5, 0.6) is 0 Å². The summed E-state index contributed by atoms with van der Waals surface area (Å²) in [5.74, 6) is 1.35. The van der Waals surface area contributed by atoms with Crippen molar-refractivity contribution in [1.29, 1.82) is 0 Å². The fraction of sp³-hybridized carbons (Fsp3) is 0.217. The molecule has 0 bridgehead atoms. The molecule has 1 aromatic heterocycles. The lowest BCUT2D eigenvalue weighted by Gasteiger charge is -2.17. The second-order valence-electron chi connectivity index (χ2n) is 7.38. The van der Waals surface area contributed by atoms with Gasteiger partial charge in [0.2, 0.25) is 0 Å². The van der Waals surface area contributed by atoms with Crippen molar-refractivity contribution in [3.05, 3.63) is 81.8 Å². The van der Waals surface area contributed by atoms with Crippen LogP contribution < -0.4 is 0 Å². The van der Waals surface area contributed by atoms with E-state index in [1.165, 1.54) is 0 Å². The Balaban J connectivity index is 1.93. The van der Waals surface area contributed by atoms with E-state index in [1.54, 1.807) is 38.1 Å². The van der Waals surface area contributed by atoms with Crippen molar-refractivity contribution in [2.75, 3.05) is 0 Å². The van der Waals surface area contributed by atoms with Crippen molar-refractivity contribution in [1.82, 2.24) is 0 Å². The van der Waals surface area contributed by atoms with E-state index in [9.17, 15) is 26.3 Å². The molecule has 2 aromatic carbocycles. The average Bonchev–Trinajstić information content (AvgIpc) is 3.25. The van der Waals surface area contributed by atoms with Gasteiger partial charge in [-0.25, -0.2) is 0 Å². The Kier molecular flexibility index (Phi) is 4.60. The summed E-state index contributed by atoms with van der Waals surface area (Å²) in [5.41, 5.74) is 0.461. The molecule has 0 N–H and O–H groups in total. The maximum Gasteiger partial charge on any atom is 0.416 e. The lowest BCUT2D eigenvalue weighted by molar-refractivity contribution is -0.143. The lowest BCUT2D eigenvalue weighted by atomic mass is 9.90. The molecule has 1 heterocycles. The lowest BCUT2D eigenvalue weighted by Crippen LogP contribution is -2.11. The maximum atomic E-state index is 13.3. The fourth-order valence-electron chi connectivity index (χ4n) is 3.77. The van der Waals surface area contributed by atoms with E-state index in [0.717, 1.165) is 23.3 Å². The summed E-state index contributed by atoms with van der Waals surface area (Å²) < 4.78 is 85.6. The van der Waals surface area contributed by atoms with Gasteiger partial charge in [-0.05, 0) is 83.6 Å². The number of alkyl halides is 6. The Morgan fingerprint density at radius 1 is 0.800 bits per heavy atom. The highest BCUT2D eigenvalue weighted by molar-refractivity contribution is 5.94. The highest BCUT2D eigenvalue weighted by Gasteiger charge is 2.37. The molecule has 3 aromatic rings. The van der Waals surface area contributed by atoms with Gasteiger partial charge in [0.15, 0.2) is 0 Å². The van der Waals surface area contributed by atoms with Gasteiger partial charge in [0.1, 0.15) is 11.5 Å². The number of furan rings is 1. The van der Waals surface area contributed by atoms with Crippen molar-refractivity contribution < 1.29 is 30.8 Å². The topological polar surface area (TPSA) is 13.1 Å². The third-order valence-corrected chi connectivity index (χ3v) is 5.18. The number of hydrogen-bond acceptors (Lipinski definition) is 1. The van der Waals surface area contributed by atoms with Gasteiger partial charge in [0.25, 0.3) is 0 Å². The van der Waals surface area contributed by atoms with E-state index in [1.807, 2.05) is 6.07 Å². The zero-order valence-electron chi connectivity index (χ0n) is 16.0. The molecule has 156 valence electrons. The first kappa shape index (κ1) is 20.3. The number of fused-ring (bicyclic) bond motifs is 1. The van der Waals surface area contributed by atoms with E-state index in [4.69, 9.17) is 4.42 Å². The van der Waals surface area contributed by atoms with E-state index in [-0.39, 0.29) is 11.6 Å². The monoisotopic (exact) mass is 422 g/mol. The van der Waals surface area contributed by atoms with Gasteiger partial charge >= 0.3 is 12.4 Å². The average molecular weight is 422 g/mol. The highest BCUT2D eigenvalue weighted by Crippen LogP contribution is 2.43. The van der Waals surface area contributed by atoms with Gasteiger partial charge in [-0.15, -0.1) is 0 Å². The molecular formula is C23H16F6O. The van der Waals surface area contributed by atoms with Crippen LogP contribution in [0.3, 0.4) is 0 Å². The molecule has 0 unspecified atom stereocenters. The minimum atomic E-state index is -4.89. The van der Waals surface area contributed by atoms with Crippen LogP contribution in [0.25, 0.3) is 22.8 Å². The van der Waals surface area contributed by atoms with Gasteiger partial charge in [-0.3, -0.25) is 0 Å². The quantitative estimate of drug-likeness (QED) is 0.386. The first-order valence-corrected chi connectivity index (χ1v) is 9.13. The molecule has 1 nitrogen and oxygen atoms in total. The Hall–Kier alpha value is -2.96. The number of benzene rings is 2. The standard InChI is InChI=1S/C23H16F6O/c1-12-3-5-14-7-15(20-6-4-13(2)30-20)10-19(14)21(12)16-8-17(22(24,25)26)11-18(9-16)23(27,28)29/h3-6,8-11H,7H2,1-2H3. The van der Waals surface area contributed by atoms with Gasteiger partial charge in [-0.1, -0.05) is 12.1 Å². The molecule has 0 fully saturated rings. The number of halogens is 6. The summed E-state index contributed by atoms with van der Waals surface area (Å²) in [4.78, 5) is 0. The summed E-state index contributed by atoms with van der Waals surface area (Å²) >= 11 is 0. The second kappa shape index (κ2) is 6.79. The van der Waals surface area contributed by atoms with E-state index < -0.39 is 23.5 Å². The molecule has 7 heteroatoms. The number of rotatable bonds is 2. The number of allylic oxidation sites excluding steroid dienone is 1. The van der Waals surface area contributed by atoms with E-state index >= 15 is 0 Å². The number of aryl methyl sites for hydroxylation is 2. The SMILES string of the molecule is Cc1ccc(C2=Cc3c(ccc(C)c3-c3cc(C(F)(F)F)cc(C(F)(F)F)c3)C2)o1. The zero-order chi connectivity index (χ0) is 21.8. The van der Waals surface area contributed by atoms with Crippen LogP contribution in [0.15, 0.2) is 46.9 Å². The minimum Gasteiger partial charge on any atom is -0.462 e. The summed E-state index contributed by atoms with van der Waals surface area (Å²) in [5, 5.41) is 0. The van der Waals surface area contributed by atoms with Crippen LogP contribution in [-0.2, 0) is 18.8 Å². The minimum absolute atomic E-state index is 0.111.